The first-order chi connectivity index (χ1) is 14.9. The van der Waals surface area contributed by atoms with Crippen LogP contribution < -0.4 is 5.14 Å². The zero-order valence-electron chi connectivity index (χ0n) is 17.2. The topological polar surface area (TPSA) is 145 Å². The molecule has 3 aromatic rings. The van der Waals surface area contributed by atoms with E-state index < -0.39 is 41.2 Å². The maximum atomic E-state index is 13.8. The van der Waals surface area contributed by atoms with Crippen LogP contribution in [-0.2, 0) is 29.9 Å². The highest BCUT2D eigenvalue weighted by atomic mass is 32.3. The zero-order valence-corrected chi connectivity index (χ0v) is 20.4. The van der Waals surface area contributed by atoms with Crippen LogP contribution in [0.25, 0.3) is 10.9 Å². The molecule has 2 aromatic heterocycles. The average Bonchev–Trinajstić information content (AvgIpc) is 3.19. The van der Waals surface area contributed by atoms with E-state index in [4.69, 9.17) is 5.14 Å². The van der Waals surface area contributed by atoms with Crippen LogP contribution in [-0.4, -0.2) is 46.3 Å². The lowest BCUT2D eigenvalue weighted by Gasteiger charge is -2.35. The quantitative estimate of drug-likeness (QED) is 0.549. The van der Waals surface area contributed by atoms with Crippen molar-refractivity contribution in [2.75, 3.05) is 6.54 Å². The molecule has 0 spiro atoms. The fourth-order valence-electron chi connectivity index (χ4n) is 3.95. The summed E-state index contributed by atoms with van der Waals surface area (Å²) >= 11 is 0.559. The highest BCUT2D eigenvalue weighted by Crippen LogP contribution is 2.46. The molecule has 2 atom stereocenters. The van der Waals surface area contributed by atoms with Gasteiger partial charge >= 0.3 is 0 Å². The van der Waals surface area contributed by atoms with Crippen molar-refractivity contribution in [3.05, 3.63) is 48.2 Å². The highest BCUT2D eigenvalue weighted by Gasteiger charge is 2.44. The number of primary sulfonamides is 1. The summed E-state index contributed by atoms with van der Waals surface area (Å²) < 4.78 is 77.8. The molecule has 172 valence electrons. The molecule has 9 nitrogen and oxygen atoms in total. The van der Waals surface area contributed by atoms with Gasteiger partial charge in [-0.05, 0) is 31.5 Å². The Morgan fingerprint density at radius 3 is 2.53 bits per heavy atom. The molecule has 0 fully saturated rings. The smallest absolute Gasteiger partial charge is 0.247 e. The van der Waals surface area contributed by atoms with Gasteiger partial charge in [0, 0.05) is 23.7 Å². The predicted molar refractivity (Wildman–Crippen MR) is 121 cm³/mol. The van der Waals surface area contributed by atoms with Gasteiger partial charge in [0.05, 0.1) is 16.8 Å². The lowest BCUT2D eigenvalue weighted by atomic mass is 10.0. The van der Waals surface area contributed by atoms with Crippen LogP contribution in [0.3, 0.4) is 0 Å². The van der Waals surface area contributed by atoms with E-state index in [1.54, 1.807) is 31.2 Å². The molecule has 0 bridgehead atoms. The molecule has 1 aliphatic rings. The third-order valence-electron chi connectivity index (χ3n) is 5.53. The van der Waals surface area contributed by atoms with Gasteiger partial charge in [0.15, 0.2) is 9.84 Å². The number of benzene rings is 1. The normalized spacial score (nSPS) is 21.0. The Hall–Kier alpha value is -1.90. The van der Waals surface area contributed by atoms with Crippen molar-refractivity contribution in [3.63, 3.8) is 0 Å². The monoisotopic (exact) mass is 515 g/mol. The third-order valence-corrected chi connectivity index (χ3v) is 12.9. The molecule has 0 amide bonds. The van der Waals surface area contributed by atoms with Gasteiger partial charge in [-0.25, -0.2) is 30.4 Å². The summed E-state index contributed by atoms with van der Waals surface area (Å²) in [5.41, 5.74) is 0.441. The van der Waals surface area contributed by atoms with Gasteiger partial charge in [-0.3, -0.25) is 4.98 Å². The number of sulfonamides is 2. The van der Waals surface area contributed by atoms with Crippen LogP contribution in [0.2, 0.25) is 0 Å². The maximum absolute atomic E-state index is 13.8. The van der Waals surface area contributed by atoms with E-state index in [2.05, 4.69) is 4.98 Å². The summed E-state index contributed by atoms with van der Waals surface area (Å²) in [5, 5.41) is 4.98. The number of hydrogen-bond acceptors (Lipinski definition) is 8. The van der Waals surface area contributed by atoms with E-state index in [0.29, 0.717) is 22.2 Å². The van der Waals surface area contributed by atoms with Crippen LogP contribution in [0.4, 0.5) is 0 Å². The summed E-state index contributed by atoms with van der Waals surface area (Å²) in [6.45, 7) is 3.18. The van der Waals surface area contributed by atoms with Gasteiger partial charge in [-0.15, -0.1) is 11.3 Å². The van der Waals surface area contributed by atoms with Crippen molar-refractivity contribution in [2.24, 2.45) is 5.14 Å². The first-order valence-electron chi connectivity index (χ1n) is 9.65. The summed E-state index contributed by atoms with van der Waals surface area (Å²) in [5.74, 6) is 0. The Labute approximate surface area is 190 Å². The second kappa shape index (κ2) is 7.85. The van der Waals surface area contributed by atoms with E-state index in [0.717, 1.165) is 0 Å². The third kappa shape index (κ3) is 3.66. The summed E-state index contributed by atoms with van der Waals surface area (Å²) in [6, 6.07) is 8.60. The largest absolute Gasteiger partial charge is 0.255 e. The number of rotatable bonds is 5. The van der Waals surface area contributed by atoms with Gasteiger partial charge in [-0.1, -0.05) is 25.1 Å². The molecule has 13 heteroatoms. The number of pyridine rings is 1. The molecule has 2 unspecified atom stereocenters. The Bertz CT molecular complexity index is 1520. The first-order valence-corrected chi connectivity index (χ1v) is 15.0. The minimum atomic E-state index is -4.16. The number of nitrogens with two attached hydrogens (primary N) is 1. The molecular formula is C19H21N3O6S4. The molecule has 32 heavy (non-hydrogen) atoms. The fraction of sp³-hybridized carbons (Fsp3) is 0.316. The molecule has 1 aliphatic heterocycles. The molecule has 0 radical (unpaired) electrons. The minimum absolute atomic E-state index is 0.00184. The molecule has 3 heterocycles. The van der Waals surface area contributed by atoms with Crippen molar-refractivity contribution < 1.29 is 25.3 Å². The molecule has 4 rings (SSSR count). The van der Waals surface area contributed by atoms with E-state index in [1.165, 1.54) is 29.6 Å². The van der Waals surface area contributed by atoms with Gasteiger partial charge in [0.25, 0.3) is 0 Å². The van der Waals surface area contributed by atoms with Crippen LogP contribution in [0.1, 0.15) is 31.9 Å². The molecule has 2 N–H and O–H groups in total. The number of thiophene rings is 1. The molecular weight excluding hydrogens is 494 g/mol. The highest BCUT2D eigenvalue weighted by molar-refractivity contribution is 7.95. The maximum Gasteiger partial charge on any atom is 0.247 e. The van der Waals surface area contributed by atoms with Crippen LogP contribution in [0.5, 0.6) is 0 Å². The molecule has 0 saturated heterocycles. The van der Waals surface area contributed by atoms with E-state index in [1.807, 2.05) is 0 Å². The van der Waals surface area contributed by atoms with Crippen molar-refractivity contribution in [1.82, 2.24) is 9.29 Å². The van der Waals surface area contributed by atoms with Crippen LogP contribution in [0.15, 0.2) is 55.9 Å². The average molecular weight is 516 g/mol. The Morgan fingerprint density at radius 2 is 1.88 bits per heavy atom. The summed E-state index contributed by atoms with van der Waals surface area (Å²) in [4.78, 5) is 4.23. The van der Waals surface area contributed by atoms with Crippen LogP contribution >= 0.6 is 11.3 Å². The number of nitrogens with zero attached hydrogens (tertiary/aromatic N) is 2. The van der Waals surface area contributed by atoms with E-state index in [9.17, 15) is 25.3 Å². The second-order valence-corrected chi connectivity index (χ2v) is 14.8. The van der Waals surface area contributed by atoms with Gasteiger partial charge in [0.1, 0.15) is 13.3 Å². The standard InChI is InChI=1S/C19H21N3O6S4/c1-3-22(32(27,28)16-8-4-6-13-7-5-9-21-18(13)16)15-10-12(2)30(23,24)19-14(15)11-17(29-19)31(20,25)26/h4-9,11-12,15H,3,10H2,1-2H3,(H2,20,25,26). The number of hydrogen-bond donors (Lipinski definition) is 1. The van der Waals surface area contributed by atoms with Crippen molar-refractivity contribution in [2.45, 2.75) is 44.9 Å². The Balaban J connectivity index is 1.93. The van der Waals surface area contributed by atoms with Crippen LogP contribution in [0, 0.1) is 0 Å². The first kappa shape index (κ1) is 23.3. The Morgan fingerprint density at radius 1 is 1.19 bits per heavy atom. The van der Waals surface area contributed by atoms with E-state index >= 15 is 0 Å². The molecule has 1 aromatic carbocycles. The predicted octanol–water partition coefficient (Wildman–Crippen LogP) is 2.26. The van der Waals surface area contributed by atoms with Gasteiger partial charge < -0.3 is 0 Å². The lowest BCUT2D eigenvalue weighted by molar-refractivity contribution is 0.311. The van der Waals surface area contributed by atoms with Gasteiger partial charge in [-0.2, -0.15) is 4.31 Å². The molecule has 0 aliphatic carbocycles. The summed E-state index contributed by atoms with van der Waals surface area (Å²) in [7, 11) is -12.1. The fourth-order valence-corrected chi connectivity index (χ4v) is 10.1. The van der Waals surface area contributed by atoms with Crippen molar-refractivity contribution >= 4 is 52.1 Å². The SMILES string of the molecule is CCN(C1CC(C)S(=O)(=O)c2sc(S(N)(=O)=O)cc21)S(=O)(=O)c1cccc2cccnc12. The number of sulfone groups is 1. The van der Waals surface area contributed by atoms with Gasteiger partial charge in [0.2, 0.25) is 20.0 Å². The molecule has 0 saturated carbocycles. The minimum Gasteiger partial charge on any atom is -0.255 e. The van der Waals surface area contributed by atoms with Crippen molar-refractivity contribution in [3.8, 4) is 0 Å². The van der Waals surface area contributed by atoms with Crippen molar-refractivity contribution in [1.29, 1.82) is 0 Å². The number of fused-ring (bicyclic) bond motifs is 2. The number of para-hydroxylation sites is 1. The zero-order chi connectivity index (χ0) is 23.5. The van der Waals surface area contributed by atoms with E-state index in [-0.39, 0.29) is 31.8 Å². The second-order valence-electron chi connectivity index (χ2n) is 7.50. The Kier molecular flexibility index (Phi) is 5.71. The summed E-state index contributed by atoms with van der Waals surface area (Å²) in [6.07, 6.45) is 1.49. The number of aromatic nitrogens is 1. The lowest BCUT2D eigenvalue weighted by Crippen LogP contribution is -2.40.